The van der Waals surface area contributed by atoms with Gasteiger partial charge in [0.25, 0.3) is 5.91 Å². The second-order valence-corrected chi connectivity index (χ2v) is 6.44. The summed E-state index contributed by atoms with van der Waals surface area (Å²) < 4.78 is 0. The first kappa shape index (κ1) is 21.6. The molecule has 6 heteroatoms. The number of hydrogen-bond donors (Lipinski definition) is 2. The van der Waals surface area contributed by atoms with Crippen molar-refractivity contribution < 1.29 is 4.79 Å². The summed E-state index contributed by atoms with van der Waals surface area (Å²) in [5, 5.41) is 3.78. The maximum atomic E-state index is 12.5. The number of halogens is 2. The first-order valence-corrected chi connectivity index (χ1v) is 7.25. The Labute approximate surface area is 150 Å². The zero-order valence-corrected chi connectivity index (χ0v) is 15.6. The Morgan fingerprint density at radius 2 is 1.87 bits per heavy atom. The van der Waals surface area contributed by atoms with E-state index in [0.717, 1.165) is 16.6 Å². The summed E-state index contributed by atoms with van der Waals surface area (Å²) in [4.78, 5) is 17.1. The van der Waals surface area contributed by atoms with E-state index in [1.54, 1.807) is 0 Å². The second kappa shape index (κ2) is 8.48. The molecule has 0 bridgehead atoms. The summed E-state index contributed by atoms with van der Waals surface area (Å²) >= 11 is 0. The van der Waals surface area contributed by atoms with E-state index >= 15 is 0 Å². The van der Waals surface area contributed by atoms with Gasteiger partial charge in [0.1, 0.15) is 0 Å². The smallest absolute Gasteiger partial charge is 0.252 e. The van der Waals surface area contributed by atoms with Crippen LogP contribution < -0.4 is 11.1 Å². The minimum Gasteiger partial charge on any atom is -0.350 e. The van der Waals surface area contributed by atoms with Crippen molar-refractivity contribution in [3.8, 4) is 0 Å². The van der Waals surface area contributed by atoms with Crippen LogP contribution in [0.2, 0.25) is 0 Å². The molecule has 0 aliphatic rings. The third kappa shape index (κ3) is 5.65. The van der Waals surface area contributed by atoms with Crippen LogP contribution in [0.3, 0.4) is 0 Å². The molecule has 4 nitrogen and oxygen atoms in total. The van der Waals surface area contributed by atoms with Crippen molar-refractivity contribution in [2.24, 2.45) is 5.73 Å². The number of fused-ring (bicyclic) bond motifs is 1. The Morgan fingerprint density at radius 3 is 2.43 bits per heavy atom. The molecule has 23 heavy (non-hydrogen) atoms. The Kier molecular flexibility index (Phi) is 7.98. The first-order chi connectivity index (χ1) is 9.78. The van der Waals surface area contributed by atoms with E-state index in [4.69, 9.17) is 5.73 Å². The Hall–Kier alpha value is -1.36. The van der Waals surface area contributed by atoms with Crippen molar-refractivity contribution in [1.29, 1.82) is 0 Å². The minimum atomic E-state index is -0.431. The molecule has 0 saturated carbocycles. The summed E-state index contributed by atoms with van der Waals surface area (Å²) in [5.41, 5.74) is 7.93. The van der Waals surface area contributed by atoms with Gasteiger partial charge < -0.3 is 11.1 Å². The molecule has 2 aromatic rings. The zero-order valence-electron chi connectivity index (χ0n) is 13.9. The van der Waals surface area contributed by atoms with Crippen LogP contribution in [0.15, 0.2) is 30.3 Å². The quantitative estimate of drug-likeness (QED) is 0.876. The number of nitrogens with one attached hydrogen (secondary N) is 1. The first-order valence-electron chi connectivity index (χ1n) is 7.25. The van der Waals surface area contributed by atoms with Crippen molar-refractivity contribution >= 4 is 41.6 Å². The van der Waals surface area contributed by atoms with Crippen LogP contribution in [0.25, 0.3) is 10.9 Å². The number of hydrogen-bond acceptors (Lipinski definition) is 3. The van der Waals surface area contributed by atoms with Crippen molar-refractivity contribution in [1.82, 2.24) is 10.3 Å². The number of nitrogens with two attached hydrogens (primary N) is 1. The number of pyridine rings is 1. The van der Waals surface area contributed by atoms with Crippen molar-refractivity contribution in [2.75, 3.05) is 6.54 Å². The third-order valence-corrected chi connectivity index (χ3v) is 3.28. The molecule has 0 spiro atoms. The lowest BCUT2D eigenvalue weighted by atomic mass is 10.0. The molecule has 128 valence electrons. The van der Waals surface area contributed by atoms with E-state index in [9.17, 15) is 4.79 Å². The highest BCUT2D eigenvalue weighted by atomic mass is 35.5. The maximum absolute atomic E-state index is 12.5. The van der Waals surface area contributed by atoms with Gasteiger partial charge in [-0.25, -0.2) is 0 Å². The van der Waals surface area contributed by atoms with Gasteiger partial charge in [-0.05, 0) is 31.9 Å². The van der Waals surface area contributed by atoms with Crippen LogP contribution in [-0.2, 0) is 0 Å². The number of carbonyl (C=O) groups is 1. The maximum Gasteiger partial charge on any atom is 0.252 e. The predicted molar refractivity (Wildman–Crippen MR) is 101 cm³/mol. The molecule has 0 atom stereocenters. The summed E-state index contributed by atoms with van der Waals surface area (Å²) in [7, 11) is 0. The number of para-hydroxylation sites is 1. The average Bonchev–Trinajstić information content (AvgIpc) is 2.42. The van der Waals surface area contributed by atoms with Crippen LogP contribution in [0.4, 0.5) is 0 Å². The number of benzene rings is 1. The molecule has 1 aromatic heterocycles. The van der Waals surface area contributed by atoms with Crippen LogP contribution in [0, 0.1) is 0 Å². The highest BCUT2D eigenvalue weighted by Gasteiger charge is 2.17. The summed E-state index contributed by atoms with van der Waals surface area (Å²) in [6.07, 6.45) is 0. The van der Waals surface area contributed by atoms with Gasteiger partial charge in [-0.3, -0.25) is 9.78 Å². The van der Waals surface area contributed by atoms with Crippen LogP contribution >= 0.6 is 24.8 Å². The molecule has 0 aliphatic carbocycles. The second-order valence-electron chi connectivity index (χ2n) is 6.44. The fourth-order valence-corrected chi connectivity index (χ4v) is 2.08. The average molecular weight is 358 g/mol. The van der Waals surface area contributed by atoms with E-state index in [2.05, 4.69) is 24.1 Å². The summed E-state index contributed by atoms with van der Waals surface area (Å²) in [5.74, 6) is 0.168. The highest BCUT2D eigenvalue weighted by molar-refractivity contribution is 6.06. The normalized spacial score (nSPS) is 10.9. The molecule has 0 aliphatic heterocycles. The van der Waals surface area contributed by atoms with Gasteiger partial charge in [-0.15, -0.1) is 24.8 Å². The van der Waals surface area contributed by atoms with Crippen LogP contribution in [-0.4, -0.2) is 23.0 Å². The zero-order chi connectivity index (χ0) is 15.6. The highest BCUT2D eigenvalue weighted by Crippen LogP contribution is 2.22. The molecular formula is C17H25Cl2N3O. The number of amides is 1. The van der Waals surface area contributed by atoms with Crippen molar-refractivity contribution in [2.45, 2.75) is 39.2 Å². The molecule has 0 fully saturated rings. The number of nitrogens with zero attached hydrogens (tertiary/aromatic N) is 1. The van der Waals surface area contributed by atoms with Gasteiger partial charge in [0.2, 0.25) is 0 Å². The molecule has 2 rings (SSSR count). The number of carbonyl (C=O) groups excluding carboxylic acids is 1. The number of rotatable bonds is 4. The van der Waals surface area contributed by atoms with E-state index in [1.165, 1.54) is 0 Å². The third-order valence-electron chi connectivity index (χ3n) is 3.28. The lowest BCUT2D eigenvalue weighted by Gasteiger charge is -2.19. The Balaban J connectivity index is 0.00000242. The molecule has 1 heterocycles. The molecular weight excluding hydrogens is 333 g/mol. The van der Waals surface area contributed by atoms with Crippen LogP contribution in [0.5, 0.6) is 0 Å². The van der Waals surface area contributed by atoms with Crippen molar-refractivity contribution in [3.63, 3.8) is 0 Å². The topological polar surface area (TPSA) is 68.0 Å². The molecule has 0 radical (unpaired) electrons. The van der Waals surface area contributed by atoms with E-state index in [0.29, 0.717) is 12.1 Å². The van der Waals surface area contributed by atoms with Gasteiger partial charge in [0.15, 0.2) is 0 Å². The lowest BCUT2D eigenvalue weighted by Crippen LogP contribution is -2.45. The molecule has 1 aromatic carbocycles. The van der Waals surface area contributed by atoms with E-state index < -0.39 is 5.54 Å². The fourth-order valence-electron chi connectivity index (χ4n) is 2.08. The van der Waals surface area contributed by atoms with Gasteiger partial charge >= 0.3 is 0 Å². The fraction of sp³-hybridized carbons (Fsp3) is 0.412. The monoisotopic (exact) mass is 357 g/mol. The van der Waals surface area contributed by atoms with Crippen LogP contribution in [0.1, 0.15) is 49.7 Å². The van der Waals surface area contributed by atoms with E-state index in [-0.39, 0.29) is 36.6 Å². The summed E-state index contributed by atoms with van der Waals surface area (Å²) in [6.45, 7) is 8.35. The van der Waals surface area contributed by atoms with Crippen molar-refractivity contribution in [3.05, 3.63) is 41.6 Å². The largest absolute Gasteiger partial charge is 0.350 e. The SMILES string of the molecule is CC(C)c1cc(C(=O)NCC(C)(C)N)c2ccccc2n1.Cl.Cl. The molecule has 3 N–H and O–H groups in total. The Bertz CT molecular complexity index is 666. The Morgan fingerprint density at radius 1 is 1.26 bits per heavy atom. The molecule has 1 amide bonds. The van der Waals surface area contributed by atoms with Gasteiger partial charge in [0.05, 0.1) is 11.1 Å². The van der Waals surface area contributed by atoms with Gasteiger partial charge in [0, 0.05) is 23.2 Å². The molecule has 0 unspecified atom stereocenters. The van der Waals surface area contributed by atoms with Gasteiger partial charge in [-0.1, -0.05) is 32.0 Å². The minimum absolute atomic E-state index is 0. The summed E-state index contributed by atoms with van der Waals surface area (Å²) in [6, 6.07) is 9.60. The predicted octanol–water partition coefficient (Wildman–Crippen LogP) is 3.67. The van der Waals surface area contributed by atoms with Gasteiger partial charge in [-0.2, -0.15) is 0 Å². The standard InChI is InChI=1S/C17H23N3O.2ClH/c1-11(2)15-9-13(16(21)19-10-17(3,4)18)12-7-5-6-8-14(12)20-15;;/h5-9,11H,10,18H2,1-4H3,(H,19,21);2*1H. The van der Waals surface area contributed by atoms with E-state index in [1.807, 2.05) is 44.2 Å². The molecule has 0 saturated heterocycles. The number of aromatic nitrogens is 1. The lowest BCUT2D eigenvalue weighted by molar-refractivity contribution is 0.0947.